The van der Waals surface area contributed by atoms with Crippen molar-refractivity contribution in [3.05, 3.63) is 23.8 Å². The Morgan fingerprint density at radius 3 is 2.89 bits per heavy atom. The van der Waals surface area contributed by atoms with Gasteiger partial charge in [0.05, 0.1) is 6.61 Å². The van der Waals surface area contributed by atoms with Crippen LogP contribution in [0.15, 0.2) is 18.2 Å². The summed E-state index contributed by atoms with van der Waals surface area (Å²) in [5, 5.41) is 9.50. The lowest BCUT2D eigenvalue weighted by molar-refractivity contribution is 0.153. The average Bonchev–Trinajstić information content (AvgIpc) is 2.30. The number of nitrogens with zero attached hydrogens (tertiary/aromatic N) is 1. The molecule has 0 radical (unpaired) electrons. The number of ether oxygens (including phenoxy) is 1. The van der Waals surface area contributed by atoms with E-state index in [1.165, 1.54) is 25.8 Å². The molecule has 1 aromatic carbocycles. The van der Waals surface area contributed by atoms with E-state index in [9.17, 15) is 5.11 Å². The molecule has 0 saturated carbocycles. The standard InChI is InChI=1S/C15H23NO2/c1-12-9-14(17)11-15(10-12)18-8-6-13-5-3-4-7-16(13)2/h9-11,13,17H,3-8H2,1-2H3. The highest BCUT2D eigenvalue weighted by Gasteiger charge is 2.18. The molecule has 1 saturated heterocycles. The highest BCUT2D eigenvalue weighted by atomic mass is 16.5. The third-order valence-electron chi connectivity index (χ3n) is 3.68. The topological polar surface area (TPSA) is 32.7 Å². The van der Waals surface area contributed by atoms with Gasteiger partial charge in [0.25, 0.3) is 0 Å². The summed E-state index contributed by atoms with van der Waals surface area (Å²) in [6.07, 6.45) is 4.99. The Balaban J connectivity index is 1.80. The monoisotopic (exact) mass is 249 g/mol. The van der Waals surface area contributed by atoms with E-state index < -0.39 is 0 Å². The van der Waals surface area contributed by atoms with Crippen molar-refractivity contribution in [2.75, 3.05) is 20.2 Å². The average molecular weight is 249 g/mol. The van der Waals surface area contributed by atoms with Crippen LogP contribution >= 0.6 is 0 Å². The number of phenols is 1. The molecule has 1 heterocycles. The normalized spacial score (nSPS) is 20.9. The van der Waals surface area contributed by atoms with Gasteiger partial charge in [-0.15, -0.1) is 0 Å². The molecule has 18 heavy (non-hydrogen) atoms. The van der Waals surface area contributed by atoms with Crippen molar-refractivity contribution in [1.82, 2.24) is 4.90 Å². The van der Waals surface area contributed by atoms with E-state index in [0.717, 1.165) is 24.3 Å². The maximum absolute atomic E-state index is 9.50. The SMILES string of the molecule is Cc1cc(O)cc(OCCC2CCCCN2C)c1. The summed E-state index contributed by atoms with van der Waals surface area (Å²) in [4.78, 5) is 2.43. The Morgan fingerprint density at radius 2 is 2.17 bits per heavy atom. The van der Waals surface area contributed by atoms with Crippen molar-refractivity contribution < 1.29 is 9.84 Å². The quantitative estimate of drug-likeness (QED) is 0.890. The summed E-state index contributed by atoms with van der Waals surface area (Å²) in [5.74, 6) is 1.05. The first-order valence-electron chi connectivity index (χ1n) is 6.79. The van der Waals surface area contributed by atoms with Gasteiger partial charge in [-0.1, -0.05) is 6.42 Å². The molecule has 1 aliphatic rings. The molecule has 1 fully saturated rings. The molecule has 1 aliphatic heterocycles. The number of rotatable bonds is 4. The molecule has 0 aromatic heterocycles. The van der Waals surface area contributed by atoms with Crippen LogP contribution in [0.3, 0.4) is 0 Å². The summed E-state index contributed by atoms with van der Waals surface area (Å²) < 4.78 is 5.73. The first kappa shape index (κ1) is 13.2. The minimum atomic E-state index is 0.278. The van der Waals surface area contributed by atoms with Gasteiger partial charge in [-0.2, -0.15) is 0 Å². The van der Waals surface area contributed by atoms with E-state index in [1.807, 2.05) is 13.0 Å². The van der Waals surface area contributed by atoms with Gasteiger partial charge < -0.3 is 14.7 Å². The minimum absolute atomic E-state index is 0.278. The Hall–Kier alpha value is -1.22. The molecule has 3 nitrogen and oxygen atoms in total. The van der Waals surface area contributed by atoms with E-state index in [0.29, 0.717) is 6.04 Å². The second-order valence-corrected chi connectivity index (χ2v) is 5.27. The Morgan fingerprint density at radius 1 is 1.33 bits per heavy atom. The molecule has 1 unspecified atom stereocenters. The molecule has 2 rings (SSSR count). The van der Waals surface area contributed by atoms with Crippen molar-refractivity contribution in [3.63, 3.8) is 0 Å². The predicted molar refractivity (Wildman–Crippen MR) is 73.2 cm³/mol. The summed E-state index contributed by atoms with van der Waals surface area (Å²) in [7, 11) is 2.20. The van der Waals surface area contributed by atoms with E-state index in [-0.39, 0.29) is 5.75 Å². The van der Waals surface area contributed by atoms with Crippen LogP contribution in [0.1, 0.15) is 31.2 Å². The highest BCUT2D eigenvalue weighted by Crippen LogP contribution is 2.22. The molecule has 100 valence electrons. The van der Waals surface area contributed by atoms with Gasteiger partial charge in [-0.25, -0.2) is 0 Å². The van der Waals surface area contributed by atoms with Gasteiger partial charge in [-0.05, 0) is 57.5 Å². The molecule has 3 heteroatoms. The Kier molecular flexibility index (Phi) is 4.48. The lowest BCUT2D eigenvalue weighted by atomic mass is 10.0. The van der Waals surface area contributed by atoms with E-state index in [1.54, 1.807) is 12.1 Å². The molecule has 1 atom stereocenters. The zero-order valence-corrected chi connectivity index (χ0v) is 11.4. The molecular formula is C15H23NO2. The van der Waals surface area contributed by atoms with Crippen LogP contribution < -0.4 is 4.74 Å². The minimum Gasteiger partial charge on any atom is -0.508 e. The molecule has 0 bridgehead atoms. The van der Waals surface area contributed by atoms with Crippen LogP contribution in [0, 0.1) is 6.92 Å². The second kappa shape index (κ2) is 6.10. The molecule has 0 spiro atoms. The van der Waals surface area contributed by atoms with Crippen LogP contribution in [0.25, 0.3) is 0 Å². The molecule has 0 amide bonds. The summed E-state index contributed by atoms with van der Waals surface area (Å²) in [6.45, 7) is 3.88. The van der Waals surface area contributed by atoms with Crippen molar-refractivity contribution in [2.24, 2.45) is 0 Å². The Bertz CT molecular complexity index is 372. The maximum atomic E-state index is 9.50. The lowest BCUT2D eigenvalue weighted by Crippen LogP contribution is -2.37. The second-order valence-electron chi connectivity index (χ2n) is 5.27. The van der Waals surface area contributed by atoms with Gasteiger partial charge in [0, 0.05) is 12.1 Å². The number of likely N-dealkylation sites (tertiary alicyclic amines) is 1. The fourth-order valence-corrected chi connectivity index (χ4v) is 2.63. The van der Waals surface area contributed by atoms with Gasteiger partial charge in [0.1, 0.15) is 11.5 Å². The smallest absolute Gasteiger partial charge is 0.123 e. The fraction of sp³-hybridized carbons (Fsp3) is 0.600. The first-order chi connectivity index (χ1) is 8.65. The number of hydrogen-bond donors (Lipinski definition) is 1. The third-order valence-corrected chi connectivity index (χ3v) is 3.68. The van der Waals surface area contributed by atoms with Crippen molar-refractivity contribution in [3.8, 4) is 11.5 Å². The zero-order chi connectivity index (χ0) is 13.0. The lowest BCUT2D eigenvalue weighted by Gasteiger charge is -2.32. The van der Waals surface area contributed by atoms with Gasteiger partial charge >= 0.3 is 0 Å². The van der Waals surface area contributed by atoms with Crippen LogP contribution in [-0.2, 0) is 0 Å². The summed E-state index contributed by atoms with van der Waals surface area (Å²) >= 11 is 0. The highest BCUT2D eigenvalue weighted by molar-refractivity contribution is 5.36. The molecule has 1 N–H and O–H groups in total. The van der Waals surface area contributed by atoms with Crippen LogP contribution in [0.4, 0.5) is 0 Å². The number of piperidine rings is 1. The van der Waals surface area contributed by atoms with Crippen LogP contribution in [0.5, 0.6) is 11.5 Å². The molecular weight excluding hydrogens is 226 g/mol. The van der Waals surface area contributed by atoms with Gasteiger partial charge in [0.2, 0.25) is 0 Å². The van der Waals surface area contributed by atoms with Gasteiger partial charge in [0.15, 0.2) is 0 Å². The Labute approximate surface area is 109 Å². The molecule has 0 aliphatic carbocycles. The molecule has 1 aromatic rings. The number of aromatic hydroxyl groups is 1. The number of aryl methyl sites for hydroxylation is 1. The fourth-order valence-electron chi connectivity index (χ4n) is 2.63. The van der Waals surface area contributed by atoms with E-state index in [2.05, 4.69) is 11.9 Å². The van der Waals surface area contributed by atoms with Crippen molar-refractivity contribution in [1.29, 1.82) is 0 Å². The first-order valence-corrected chi connectivity index (χ1v) is 6.79. The van der Waals surface area contributed by atoms with E-state index >= 15 is 0 Å². The van der Waals surface area contributed by atoms with Crippen molar-refractivity contribution >= 4 is 0 Å². The number of hydrogen-bond acceptors (Lipinski definition) is 3. The van der Waals surface area contributed by atoms with Crippen LogP contribution in [0.2, 0.25) is 0 Å². The summed E-state index contributed by atoms with van der Waals surface area (Å²) in [5.41, 5.74) is 1.03. The van der Waals surface area contributed by atoms with Crippen LogP contribution in [-0.4, -0.2) is 36.2 Å². The third kappa shape index (κ3) is 3.64. The summed E-state index contributed by atoms with van der Waals surface area (Å²) in [6, 6.07) is 6.03. The van der Waals surface area contributed by atoms with E-state index in [4.69, 9.17) is 4.74 Å². The number of benzene rings is 1. The maximum Gasteiger partial charge on any atom is 0.123 e. The number of phenolic OH excluding ortho intramolecular Hbond substituents is 1. The predicted octanol–water partition coefficient (Wildman–Crippen LogP) is 2.95. The van der Waals surface area contributed by atoms with Crippen molar-refractivity contribution in [2.45, 2.75) is 38.6 Å². The largest absolute Gasteiger partial charge is 0.508 e. The zero-order valence-electron chi connectivity index (χ0n) is 11.4. The van der Waals surface area contributed by atoms with Gasteiger partial charge in [-0.3, -0.25) is 0 Å².